The van der Waals surface area contributed by atoms with Crippen molar-refractivity contribution in [1.82, 2.24) is 0 Å². The molecule has 0 N–H and O–H groups in total. The van der Waals surface area contributed by atoms with Crippen LogP contribution in [0.5, 0.6) is 0 Å². The van der Waals surface area contributed by atoms with Crippen LogP contribution in [-0.2, 0) is 4.74 Å². The van der Waals surface area contributed by atoms with Crippen molar-refractivity contribution in [3.8, 4) is 0 Å². The van der Waals surface area contributed by atoms with Crippen molar-refractivity contribution in [2.24, 2.45) is 10.9 Å². The minimum atomic E-state index is 0.255. The Morgan fingerprint density at radius 3 is 2.54 bits per heavy atom. The van der Waals surface area contributed by atoms with Crippen LogP contribution in [0.15, 0.2) is 4.99 Å². The second-order valence-corrected chi connectivity index (χ2v) is 9.25. The van der Waals surface area contributed by atoms with E-state index in [1.807, 2.05) is 11.8 Å². The van der Waals surface area contributed by atoms with E-state index in [-0.39, 0.29) is 5.54 Å². The number of ether oxygens (including phenoxy) is 1. The molecule has 0 bridgehead atoms. The zero-order valence-electron chi connectivity index (χ0n) is 15.7. The molecular weight excluding hydrogens is 314 g/mol. The van der Waals surface area contributed by atoms with Crippen molar-refractivity contribution < 1.29 is 4.74 Å². The van der Waals surface area contributed by atoms with Crippen LogP contribution < -0.4 is 0 Å². The lowest BCUT2D eigenvalue weighted by Gasteiger charge is -2.49. The van der Waals surface area contributed by atoms with Gasteiger partial charge in [0.1, 0.15) is 6.10 Å². The first kappa shape index (κ1) is 18.6. The first-order chi connectivity index (χ1) is 11.8. The summed E-state index contributed by atoms with van der Waals surface area (Å²) in [5.41, 5.74) is 0.255. The standard InChI is InChI=1S/C21H37NOS/c1-2-3-4-5-6-12-17-24-20-22-21(15-10-7-11-16-21)18-13-8-9-14-19(18)23-20/h18-19H,2-17H2,1H3/t18-,19-/m0/s1. The van der Waals surface area contributed by atoms with E-state index in [1.165, 1.54) is 102 Å². The van der Waals surface area contributed by atoms with E-state index < -0.39 is 0 Å². The minimum Gasteiger partial charge on any atom is -0.469 e. The fourth-order valence-corrected chi connectivity index (χ4v) is 5.99. The van der Waals surface area contributed by atoms with E-state index in [1.54, 1.807) is 0 Å². The van der Waals surface area contributed by atoms with Crippen molar-refractivity contribution in [3.63, 3.8) is 0 Å². The van der Waals surface area contributed by atoms with Gasteiger partial charge in [0, 0.05) is 11.7 Å². The number of nitrogens with zero attached hydrogens (tertiary/aromatic N) is 1. The molecule has 0 amide bonds. The molecule has 3 aliphatic rings. The molecule has 138 valence electrons. The highest BCUT2D eigenvalue weighted by atomic mass is 32.2. The summed E-state index contributed by atoms with van der Waals surface area (Å²) in [6.45, 7) is 2.29. The van der Waals surface area contributed by atoms with E-state index in [0.29, 0.717) is 12.0 Å². The Balaban J connectivity index is 1.52. The maximum Gasteiger partial charge on any atom is 0.246 e. The van der Waals surface area contributed by atoms with E-state index in [9.17, 15) is 0 Å². The van der Waals surface area contributed by atoms with E-state index in [4.69, 9.17) is 9.73 Å². The molecule has 0 radical (unpaired) electrons. The predicted octanol–water partition coefficient (Wildman–Crippen LogP) is 6.73. The largest absolute Gasteiger partial charge is 0.469 e. The molecule has 2 aliphatic carbocycles. The summed E-state index contributed by atoms with van der Waals surface area (Å²) in [5, 5.41) is 1.05. The third-order valence-electron chi connectivity index (χ3n) is 6.40. The molecule has 2 atom stereocenters. The van der Waals surface area contributed by atoms with Gasteiger partial charge >= 0.3 is 0 Å². The molecule has 1 heterocycles. The molecule has 2 nitrogen and oxygen atoms in total. The molecule has 0 unspecified atom stereocenters. The molecule has 2 fully saturated rings. The van der Waals surface area contributed by atoms with Crippen LogP contribution in [-0.4, -0.2) is 22.6 Å². The average molecular weight is 352 g/mol. The van der Waals surface area contributed by atoms with Crippen molar-refractivity contribution in [2.75, 3.05) is 5.75 Å². The van der Waals surface area contributed by atoms with Crippen LogP contribution >= 0.6 is 11.8 Å². The van der Waals surface area contributed by atoms with E-state index >= 15 is 0 Å². The molecule has 1 spiro atoms. The van der Waals surface area contributed by atoms with Crippen LogP contribution in [0.25, 0.3) is 0 Å². The predicted molar refractivity (Wildman–Crippen MR) is 106 cm³/mol. The molecule has 0 aromatic rings. The minimum absolute atomic E-state index is 0.255. The van der Waals surface area contributed by atoms with Gasteiger partial charge in [-0.1, -0.05) is 76.5 Å². The van der Waals surface area contributed by atoms with Gasteiger partial charge in [0.25, 0.3) is 0 Å². The van der Waals surface area contributed by atoms with Gasteiger partial charge in [0.05, 0.1) is 5.54 Å². The zero-order valence-corrected chi connectivity index (χ0v) is 16.5. The normalized spacial score (nSPS) is 29.0. The average Bonchev–Trinajstić information content (AvgIpc) is 2.62. The van der Waals surface area contributed by atoms with Crippen molar-refractivity contribution in [1.29, 1.82) is 0 Å². The summed E-state index contributed by atoms with van der Waals surface area (Å²) in [7, 11) is 0. The van der Waals surface area contributed by atoms with E-state index in [0.717, 1.165) is 5.23 Å². The lowest BCUT2D eigenvalue weighted by atomic mass is 9.66. The van der Waals surface area contributed by atoms with Crippen molar-refractivity contribution >= 4 is 17.0 Å². The molecule has 0 aromatic carbocycles. The van der Waals surface area contributed by atoms with Crippen LogP contribution in [0.2, 0.25) is 0 Å². The van der Waals surface area contributed by atoms with Gasteiger partial charge in [-0.3, -0.25) is 0 Å². The highest BCUT2D eigenvalue weighted by Crippen LogP contribution is 2.48. The van der Waals surface area contributed by atoms with Gasteiger partial charge in [-0.05, 0) is 38.5 Å². The first-order valence-corrected chi connectivity index (χ1v) is 11.7. The molecule has 24 heavy (non-hydrogen) atoms. The van der Waals surface area contributed by atoms with Gasteiger partial charge in [0.15, 0.2) is 0 Å². The second kappa shape index (κ2) is 9.50. The number of fused-ring (bicyclic) bond motifs is 2. The summed E-state index contributed by atoms with van der Waals surface area (Å²) in [4.78, 5) is 5.26. The van der Waals surface area contributed by atoms with Crippen LogP contribution in [0, 0.1) is 5.92 Å². The second-order valence-electron chi connectivity index (χ2n) is 8.21. The number of thioether (sulfide) groups is 1. The molecule has 2 saturated carbocycles. The number of hydrogen-bond donors (Lipinski definition) is 0. The summed E-state index contributed by atoms with van der Waals surface area (Å²) in [6, 6.07) is 0. The molecule has 0 saturated heterocycles. The van der Waals surface area contributed by atoms with Gasteiger partial charge in [0.2, 0.25) is 5.23 Å². The summed E-state index contributed by atoms with van der Waals surface area (Å²) in [5.74, 6) is 1.91. The zero-order chi connectivity index (χ0) is 16.7. The smallest absolute Gasteiger partial charge is 0.246 e. The number of rotatable bonds is 7. The monoisotopic (exact) mass is 351 g/mol. The van der Waals surface area contributed by atoms with E-state index in [2.05, 4.69) is 6.92 Å². The van der Waals surface area contributed by atoms with Crippen LogP contribution in [0.4, 0.5) is 0 Å². The highest BCUT2D eigenvalue weighted by molar-refractivity contribution is 8.13. The fraction of sp³-hybridized carbons (Fsp3) is 0.952. The van der Waals surface area contributed by atoms with Crippen LogP contribution in [0.3, 0.4) is 0 Å². The van der Waals surface area contributed by atoms with Crippen LogP contribution in [0.1, 0.15) is 103 Å². The molecule has 0 aromatic heterocycles. The summed E-state index contributed by atoms with van der Waals surface area (Å²) >= 11 is 1.91. The Kier molecular flexibility index (Phi) is 7.36. The Labute approximate surface area is 153 Å². The Morgan fingerprint density at radius 2 is 1.71 bits per heavy atom. The molecule has 3 rings (SSSR count). The topological polar surface area (TPSA) is 21.6 Å². The number of hydrogen-bond acceptors (Lipinski definition) is 3. The highest BCUT2D eigenvalue weighted by Gasteiger charge is 2.48. The van der Waals surface area contributed by atoms with Crippen molar-refractivity contribution in [3.05, 3.63) is 0 Å². The van der Waals surface area contributed by atoms with Gasteiger partial charge in [-0.25, -0.2) is 4.99 Å². The van der Waals surface area contributed by atoms with Gasteiger partial charge in [-0.15, -0.1) is 0 Å². The number of unbranched alkanes of at least 4 members (excludes halogenated alkanes) is 5. The third-order valence-corrected chi connectivity index (χ3v) is 7.33. The maximum absolute atomic E-state index is 6.38. The van der Waals surface area contributed by atoms with Crippen molar-refractivity contribution in [2.45, 2.75) is 115 Å². The lowest BCUT2D eigenvalue weighted by Crippen LogP contribution is -2.51. The Hall–Kier alpha value is -0.180. The summed E-state index contributed by atoms with van der Waals surface area (Å²) < 4.78 is 6.38. The molecular formula is C21H37NOS. The Bertz CT molecular complexity index is 403. The number of aliphatic imine (C=N–C) groups is 1. The Morgan fingerprint density at radius 1 is 0.958 bits per heavy atom. The molecule has 1 aliphatic heterocycles. The molecule has 3 heteroatoms. The lowest BCUT2D eigenvalue weighted by molar-refractivity contribution is 0.00299. The fourth-order valence-electron chi connectivity index (χ4n) is 5.03. The first-order valence-electron chi connectivity index (χ1n) is 10.7. The SMILES string of the molecule is CCCCCCCCSC1=NC2(CCCCC2)[C@H]2CCCC[C@@H]2O1. The maximum atomic E-state index is 6.38. The quantitative estimate of drug-likeness (QED) is 0.474. The third kappa shape index (κ3) is 4.71. The summed E-state index contributed by atoms with van der Waals surface area (Å²) in [6.07, 6.45) is 20.9. The van der Waals surface area contributed by atoms with Gasteiger partial charge < -0.3 is 4.74 Å². The van der Waals surface area contributed by atoms with Gasteiger partial charge in [-0.2, -0.15) is 0 Å².